The first-order valence-corrected chi connectivity index (χ1v) is 9.14. The quantitative estimate of drug-likeness (QED) is 0.748. The molecule has 0 saturated heterocycles. The van der Waals surface area contributed by atoms with Gasteiger partial charge in [0, 0.05) is 12.7 Å². The molecule has 0 atom stereocenters. The Kier molecular flexibility index (Phi) is 4.12. The Morgan fingerprint density at radius 3 is 2.52 bits per heavy atom. The number of nitrogens with one attached hydrogen (secondary N) is 1. The Hall–Kier alpha value is -2.33. The molecule has 0 aliphatic heterocycles. The van der Waals surface area contributed by atoms with E-state index in [1.807, 2.05) is 0 Å². The third-order valence-electron chi connectivity index (χ3n) is 3.50. The number of hydrogen-bond donors (Lipinski definition) is 1. The highest BCUT2D eigenvalue weighted by atomic mass is 32.2. The Labute approximate surface area is 144 Å². The molecular formula is C15H11F3N2O3S2. The summed E-state index contributed by atoms with van der Waals surface area (Å²) in [4.78, 5) is 11.6. The zero-order valence-electron chi connectivity index (χ0n) is 12.7. The number of aromatic nitrogens is 1. The smallest absolute Gasteiger partial charge is 0.297 e. The molecule has 0 fully saturated rings. The average molecular weight is 388 g/mol. The lowest BCUT2D eigenvalue weighted by molar-refractivity contribution is -0.137. The average Bonchev–Trinajstić information content (AvgIpc) is 2.81. The molecule has 0 spiro atoms. The van der Waals surface area contributed by atoms with Gasteiger partial charge >= 0.3 is 6.18 Å². The van der Waals surface area contributed by atoms with Crippen molar-refractivity contribution in [2.45, 2.75) is 11.1 Å². The molecule has 132 valence electrons. The molecule has 5 nitrogen and oxygen atoms in total. The maximum atomic E-state index is 12.7. The molecule has 0 radical (unpaired) electrons. The van der Waals surface area contributed by atoms with Crippen LogP contribution in [0.2, 0.25) is 0 Å². The van der Waals surface area contributed by atoms with Gasteiger partial charge in [0.25, 0.3) is 14.8 Å². The fraction of sp³-hybridized carbons (Fsp3) is 0.133. The number of benzene rings is 2. The summed E-state index contributed by atoms with van der Waals surface area (Å²) in [6.07, 6.45) is -4.58. The van der Waals surface area contributed by atoms with Crippen molar-refractivity contribution >= 4 is 38.1 Å². The van der Waals surface area contributed by atoms with Gasteiger partial charge in [0.05, 0.1) is 21.4 Å². The van der Waals surface area contributed by atoms with Gasteiger partial charge in [-0.25, -0.2) is 8.42 Å². The van der Waals surface area contributed by atoms with Crippen LogP contribution in [0, 0.1) is 0 Å². The van der Waals surface area contributed by atoms with Crippen LogP contribution in [0.4, 0.5) is 18.9 Å². The first-order chi connectivity index (χ1) is 11.6. The van der Waals surface area contributed by atoms with Crippen LogP contribution in [0.1, 0.15) is 5.56 Å². The second-order valence-corrected chi connectivity index (χ2v) is 8.02. The Balaban J connectivity index is 2.00. The number of halogens is 3. The SMILES string of the molecule is Cn1sc(=O)c2cc(S(=O)(=O)Nc3cccc(C(F)(F)F)c3)ccc21. The van der Waals surface area contributed by atoms with E-state index in [2.05, 4.69) is 4.72 Å². The minimum Gasteiger partial charge on any atom is -0.297 e. The largest absolute Gasteiger partial charge is 0.416 e. The fourth-order valence-corrected chi connectivity index (χ4v) is 4.16. The lowest BCUT2D eigenvalue weighted by Crippen LogP contribution is -2.14. The van der Waals surface area contributed by atoms with E-state index in [-0.39, 0.29) is 20.7 Å². The Morgan fingerprint density at radius 2 is 1.84 bits per heavy atom. The Bertz CT molecular complexity index is 1110. The van der Waals surface area contributed by atoms with Crippen LogP contribution in [0.15, 0.2) is 52.2 Å². The monoisotopic (exact) mass is 388 g/mol. The van der Waals surface area contributed by atoms with Gasteiger partial charge in [0.2, 0.25) is 0 Å². The van der Waals surface area contributed by atoms with Crippen molar-refractivity contribution in [2.24, 2.45) is 7.05 Å². The van der Waals surface area contributed by atoms with Gasteiger partial charge < -0.3 is 0 Å². The molecule has 3 aromatic rings. The molecule has 2 aromatic carbocycles. The number of aryl methyl sites for hydroxylation is 1. The Morgan fingerprint density at radius 1 is 1.12 bits per heavy atom. The van der Waals surface area contributed by atoms with Gasteiger partial charge in [-0.1, -0.05) is 6.07 Å². The van der Waals surface area contributed by atoms with Crippen molar-refractivity contribution in [1.82, 2.24) is 3.96 Å². The summed E-state index contributed by atoms with van der Waals surface area (Å²) in [5.74, 6) is 0. The van der Waals surface area contributed by atoms with Crippen LogP contribution in [0.25, 0.3) is 10.9 Å². The maximum Gasteiger partial charge on any atom is 0.416 e. The second kappa shape index (κ2) is 5.88. The lowest BCUT2D eigenvalue weighted by atomic mass is 10.2. The van der Waals surface area contributed by atoms with Crippen molar-refractivity contribution in [3.8, 4) is 0 Å². The minimum absolute atomic E-state index is 0.201. The molecule has 3 rings (SSSR count). The summed E-state index contributed by atoms with van der Waals surface area (Å²) in [5, 5.41) is 0.236. The minimum atomic E-state index is -4.58. The van der Waals surface area contributed by atoms with E-state index < -0.39 is 21.8 Å². The van der Waals surface area contributed by atoms with Crippen LogP contribution in [0.5, 0.6) is 0 Å². The van der Waals surface area contributed by atoms with Gasteiger partial charge in [0.15, 0.2) is 0 Å². The molecular weight excluding hydrogens is 377 g/mol. The normalized spacial score (nSPS) is 12.5. The van der Waals surface area contributed by atoms with Crippen molar-refractivity contribution in [2.75, 3.05) is 4.72 Å². The zero-order valence-corrected chi connectivity index (χ0v) is 14.3. The number of alkyl halides is 3. The van der Waals surface area contributed by atoms with Gasteiger partial charge in [-0.2, -0.15) is 13.2 Å². The summed E-state index contributed by atoms with van der Waals surface area (Å²) >= 11 is 0.931. The first-order valence-electron chi connectivity index (χ1n) is 6.88. The van der Waals surface area contributed by atoms with E-state index in [1.54, 1.807) is 11.0 Å². The van der Waals surface area contributed by atoms with E-state index in [9.17, 15) is 26.4 Å². The van der Waals surface area contributed by atoms with Crippen molar-refractivity contribution < 1.29 is 21.6 Å². The van der Waals surface area contributed by atoms with E-state index >= 15 is 0 Å². The van der Waals surface area contributed by atoms with Crippen LogP contribution in [-0.4, -0.2) is 12.4 Å². The zero-order chi connectivity index (χ0) is 18.4. The molecule has 0 amide bonds. The number of fused-ring (bicyclic) bond motifs is 1. The molecule has 25 heavy (non-hydrogen) atoms. The molecule has 0 unspecified atom stereocenters. The molecule has 0 aliphatic rings. The summed E-state index contributed by atoms with van der Waals surface area (Å²) in [5.41, 5.74) is -0.601. The number of nitrogens with zero attached hydrogens (tertiary/aromatic N) is 1. The van der Waals surface area contributed by atoms with Crippen molar-refractivity contribution in [3.05, 3.63) is 57.6 Å². The summed E-state index contributed by atoms with van der Waals surface area (Å²) in [6.45, 7) is 0. The third kappa shape index (κ3) is 3.40. The summed E-state index contributed by atoms with van der Waals surface area (Å²) < 4.78 is 66.5. The van der Waals surface area contributed by atoms with Crippen LogP contribution < -0.4 is 9.46 Å². The third-order valence-corrected chi connectivity index (χ3v) is 5.73. The highest BCUT2D eigenvalue weighted by Gasteiger charge is 2.30. The number of anilines is 1. The number of hydrogen-bond acceptors (Lipinski definition) is 4. The summed E-state index contributed by atoms with van der Waals surface area (Å²) in [6, 6.07) is 7.87. The molecule has 1 N–H and O–H groups in total. The standard InChI is InChI=1S/C15H11F3N2O3S2/c1-20-13-6-5-11(8-12(13)14(21)24-20)25(22,23)19-10-4-2-3-9(7-10)15(16,17)18/h2-8,19H,1H3. The van der Waals surface area contributed by atoms with Gasteiger partial charge in [-0.15, -0.1) is 0 Å². The van der Waals surface area contributed by atoms with Crippen LogP contribution in [0.3, 0.4) is 0 Å². The highest BCUT2D eigenvalue weighted by Crippen LogP contribution is 2.31. The molecule has 0 aliphatic carbocycles. The first kappa shape index (κ1) is 17.5. The second-order valence-electron chi connectivity index (χ2n) is 5.24. The van der Waals surface area contributed by atoms with Gasteiger partial charge in [0.1, 0.15) is 0 Å². The van der Waals surface area contributed by atoms with Gasteiger partial charge in [-0.05, 0) is 47.9 Å². The number of sulfonamides is 1. The highest BCUT2D eigenvalue weighted by molar-refractivity contribution is 7.92. The van der Waals surface area contributed by atoms with Gasteiger partial charge in [-0.3, -0.25) is 13.5 Å². The van der Waals surface area contributed by atoms with E-state index in [0.717, 1.165) is 23.7 Å². The topological polar surface area (TPSA) is 68.2 Å². The van der Waals surface area contributed by atoms with E-state index in [4.69, 9.17) is 0 Å². The fourth-order valence-electron chi connectivity index (χ4n) is 2.32. The van der Waals surface area contributed by atoms with Crippen molar-refractivity contribution in [3.63, 3.8) is 0 Å². The number of rotatable bonds is 3. The molecule has 0 saturated carbocycles. The molecule has 1 heterocycles. The van der Waals surface area contributed by atoms with E-state index in [1.165, 1.54) is 24.3 Å². The maximum absolute atomic E-state index is 12.7. The predicted molar refractivity (Wildman–Crippen MR) is 89.3 cm³/mol. The molecule has 1 aromatic heterocycles. The van der Waals surface area contributed by atoms with Crippen molar-refractivity contribution in [1.29, 1.82) is 0 Å². The predicted octanol–water partition coefficient (Wildman–Crippen LogP) is 3.42. The van der Waals surface area contributed by atoms with Crippen LogP contribution >= 0.6 is 11.5 Å². The summed E-state index contributed by atoms with van der Waals surface area (Å²) in [7, 11) is -2.47. The molecule has 10 heteroatoms. The van der Waals surface area contributed by atoms with E-state index in [0.29, 0.717) is 11.6 Å². The van der Waals surface area contributed by atoms with Crippen LogP contribution in [-0.2, 0) is 23.2 Å². The lowest BCUT2D eigenvalue weighted by Gasteiger charge is -2.11. The molecule has 0 bridgehead atoms.